The molecule has 0 spiro atoms. The van der Waals surface area contributed by atoms with Crippen molar-refractivity contribution in [3.05, 3.63) is 11.8 Å². The lowest BCUT2D eigenvalue weighted by molar-refractivity contribution is -0.115. The Hall–Kier alpha value is -0.790. The van der Waals surface area contributed by atoms with Crippen molar-refractivity contribution in [2.75, 3.05) is 0 Å². The van der Waals surface area contributed by atoms with Crippen LogP contribution in [0.1, 0.15) is 20.3 Å². The summed E-state index contributed by atoms with van der Waals surface area (Å²) in [7, 11) is 0. The Bertz CT molecular complexity index is 158. The van der Waals surface area contributed by atoms with Crippen LogP contribution in [-0.2, 0) is 9.53 Å². The maximum Gasteiger partial charge on any atom is 0.200 e. The smallest absolute Gasteiger partial charge is 0.200 e. The molecule has 0 aliphatic carbocycles. The summed E-state index contributed by atoms with van der Waals surface area (Å²) < 4.78 is 5.13. The predicted octanol–water partition coefficient (Wildman–Crippen LogP) is 1.27. The Morgan fingerprint density at radius 1 is 1.78 bits per heavy atom. The third-order valence-electron chi connectivity index (χ3n) is 1.34. The van der Waals surface area contributed by atoms with Gasteiger partial charge in [-0.1, -0.05) is 0 Å². The summed E-state index contributed by atoms with van der Waals surface area (Å²) in [6, 6.07) is 0. The molecule has 0 bridgehead atoms. The number of ketones is 1. The lowest BCUT2D eigenvalue weighted by Crippen LogP contribution is -1.95. The van der Waals surface area contributed by atoms with Gasteiger partial charge in [-0.15, -0.1) is 0 Å². The molecule has 1 atom stereocenters. The van der Waals surface area contributed by atoms with E-state index in [4.69, 9.17) is 4.74 Å². The molecule has 50 valence electrons. The zero-order chi connectivity index (χ0) is 6.85. The average Bonchev–Trinajstić information content (AvgIpc) is 2.10. The van der Waals surface area contributed by atoms with Crippen molar-refractivity contribution < 1.29 is 9.53 Å². The molecule has 1 rings (SSSR count). The Morgan fingerprint density at radius 2 is 2.44 bits per heavy atom. The summed E-state index contributed by atoms with van der Waals surface area (Å²) in [6.07, 6.45) is 2.34. The largest absolute Gasteiger partial charge is 0.487 e. The van der Waals surface area contributed by atoms with Gasteiger partial charge in [0.1, 0.15) is 6.10 Å². The molecule has 0 amide bonds. The van der Waals surface area contributed by atoms with Gasteiger partial charge in [0.25, 0.3) is 0 Å². The van der Waals surface area contributed by atoms with Crippen LogP contribution < -0.4 is 0 Å². The summed E-state index contributed by atoms with van der Waals surface area (Å²) in [5.41, 5.74) is 0. The third kappa shape index (κ3) is 1.12. The molecule has 1 aliphatic heterocycles. The van der Waals surface area contributed by atoms with E-state index >= 15 is 0 Å². The van der Waals surface area contributed by atoms with Crippen molar-refractivity contribution in [1.82, 2.24) is 0 Å². The standard InChI is InChI=1S/C7H10O2/c1-3-7-6(8)4-5(2)9-7/h3,5H,4H2,1-2H3/b7-3-. The van der Waals surface area contributed by atoms with Crippen LogP contribution in [0.15, 0.2) is 11.8 Å². The van der Waals surface area contributed by atoms with Gasteiger partial charge in [-0.05, 0) is 19.9 Å². The van der Waals surface area contributed by atoms with Gasteiger partial charge in [0.2, 0.25) is 5.78 Å². The molecule has 0 radical (unpaired) electrons. The van der Waals surface area contributed by atoms with Gasteiger partial charge < -0.3 is 4.74 Å². The van der Waals surface area contributed by atoms with Gasteiger partial charge >= 0.3 is 0 Å². The molecule has 0 aromatic carbocycles. The number of ether oxygens (including phenoxy) is 1. The summed E-state index contributed by atoms with van der Waals surface area (Å²) in [6.45, 7) is 3.71. The Balaban J connectivity index is 2.70. The van der Waals surface area contributed by atoms with Gasteiger partial charge in [0, 0.05) is 0 Å². The normalized spacial score (nSPS) is 31.1. The maximum absolute atomic E-state index is 10.8. The second-order valence-electron chi connectivity index (χ2n) is 2.21. The zero-order valence-electron chi connectivity index (χ0n) is 5.68. The molecule has 1 aliphatic rings. The van der Waals surface area contributed by atoms with E-state index < -0.39 is 0 Å². The fourth-order valence-electron chi connectivity index (χ4n) is 0.915. The summed E-state index contributed by atoms with van der Waals surface area (Å²) in [4.78, 5) is 10.8. The molecule has 1 heterocycles. The van der Waals surface area contributed by atoms with Crippen LogP contribution in [0.2, 0.25) is 0 Å². The lowest BCUT2D eigenvalue weighted by Gasteiger charge is -1.98. The first-order valence-corrected chi connectivity index (χ1v) is 3.10. The van der Waals surface area contributed by atoms with Crippen molar-refractivity contribution in [3.8, 4) is 0 Å². The number of allylic oxidation sites excluding steroid dienone is 2. The van der Waals surface area contributed by atoms with Crippen molar-refractivity contribution in [2.24, 2.45) is 0 Å². The van der Waals surface area contributed by atoms with E-state index in [9.17, 15) is 4.79 Å². The zero-order valence-corrected chi connectivity index (χ0v) is 5.68. The van der Waals surface area contributed by atoms with E-state index in [1.807, 2.05) is 13.8 Å². The van der Waals surface area contributed by atoms with E-state index in [1.54, 1.807) is 6.08 Å². The van der Waals surface area contributed by atoms with Crippen LogP contribution >= 0.6 is 0 Å². The SMILES string of the molecule is C/C=C1\OC(C)CC1=O. The van der Waals surface area contributed by atoms with Gasteiger partial charge in [0.15, 0.2) is 5.76 Å². The van der Waals surface area contributed by atoms with E-state index in [0.717, 1.165) is 0 Å². The van der Waals surface area contributed by atoms with Crippen LogP contribution in [-0.4, -0.2) is 11.9 Å². The topological polar surface area (TPSA) is 26.3 Å². The number of rotatable bonds is 0. The number of Topliss-reactive ketones (excluding diaryl/α,β-unsaturated/α-hetero) is 1. The molecule has 2 heteroatoms. The minimum absolute atomic E-state index is 0.0868. The van der Waals surface area contributed by atoms with Crippen molar-refractivity contribution in [3.63, 3.8) is 0 Å². The second-order valence-corrected chi connectivity index (χ2v) is 2.21. The van der Waals surface area contributed by atoms with E-state index in [2.05, 4.69) is 0 Å². The second kappa shape index (κ2) is 2.21. The van der Waals surface area contributed by atoms with Gasteiger partial charge in [0.05, 0.1) is 6.42 Å². The van der Waals surface area contributed by atoms with Crippen LogP contribution in [0.5, 0.6) is 0 Å². The molecule has 1 fully saturated rings. The molecule has 2 nitrogen and oxygen atoms in total. The average molecular weight is 126 g/mol. The Morgan fingerprint density at radius 3 is 2.67 bits per heavy atom. The fraction of sp³-hybridized carbons (Fsp3) is 0.571. The number of hydrogen-bond acceptors (Lipinski definition) is 2. The number of hydrogen-bond donors (Lipinski definition) is 0. The molecular formula is C7H10O2. The van der Waals surface area contributed by atoms with Gasteiger partial charge in [-0.2, -0.15) is 0 Å². The van der Waals surface area contributed by atoms with Crippen molar-refractivity contribution in [1.29, 1.82) is 0 Å². The highest BCUT2D eigenvalue weighted by Crippen LogP contribution is 2.17. The van der Waals surface area contributed by atoms with E-state index in [-0.39, 0.29) is 11.9 Å². The number of carbonyl (C=O) groups is 1. The van der Waals surface area contributed by atoms with Crippen LogP contribution in [0.3, 0.4) is 0 Å². The van der Waals surface area contributed by atoms with Crippen molar-refractivity contribution >= 4 is 5.78 Å². The molecule has 1 unspecified atom stereocenters. The fourth-order valence-corrected chi connectivity index (χ4v) is 0.915. The van der Waals surface area contributed by atoms with Crippen LogP contribution in [0, 0.1) is 0 Å². The Labute approximate surface area is 54.5 Å². The first-order valence-electron chi connectivity index (χ1n) is 3.10. The number of carbonyl (C=O) groups excluding carboxylic acids is 1. The lowest BCUT2D eigenvalue weighted by atomic mass is 10.2. The summed E-state index contributed by atoms with van der Waals surface area (Å²) >= 11 is 0. The monoisotopic (exact) mass is 126 g/mol. The van der Waals surface area contributed by atoms with Gasteiger partial charge in [-0.25, -0.2) is 0 Å². The summed E-state index contributed by atoms with van der Waals surface area (Å²) in [5.74, 6) is 0.660. The van der Waals surface area contributed by atoms with Crippen LogP contribution in [0.25, 0.3) is 0 Å². The first-order chi connectivity index (χ1) is 4.24. The quantitative estimate of drug-likeness (QED) is 0.457. The maximum atomic E-state index is 10.8. The molecule has 9 heavy (non-hydrogen) atoms. The molecule has 0 aromatic rings. The minimum Gasteiger partial charge on any atom is -0.487 e. The highest BCUT2D eigenvalue weighted by Gasteiger charge is 2.23. The van der Waals surface area contributed by atoms with Crippen LogP contribution in [0.4, 0.5) is 0 Å². The van der Waals surface area contributed by atoms with E-state index in [1.165, 1.54) is 0 Å². The van der Waals surface area contributed by atoms with Gasteiger partial charge in [-0.3, -0.25) is 4.79 Å². The molecule has 0 saturated carbocycles. The molecule has 0 aromatic heterocycles. The summed E-state index contributed by atoms with van der Waals surface area (Å²) in [5, 5.41) is 0. The third-order valence-corrected chi connectivity index (χ3v) is 1.34. The predicted molar refractivity (Wildman–Crippen MR) is 33.9 cm³/mol. The highest BCUT2D eigenvalue weighted by atomic mass is 16.5. The first kappa shape index (κ1) is 6.33. The Kier molecular flexibility index (Phi) is 1.56. The highest BCUT2D eigenvalue weighted by molar-refractivity contribution is 5.95. The minimum atomic E-state index is 0.0868. The van der Waals surface area contributed by atoms with E-state index in [0.29, 0.717) is 12.2 Å². The molecular weight excluding hydrogens is 116 g/mol. The molecule has 0 N–H and O–H groups in total. The molecule has 1 saturated heterocycles. The van der Waals surface area contributed by atoms with Crippen molar-refractivity contribution in [2.45, 2.75) is 26.4 Å².